The van der Waals surface area contributed by atoms with Crippen LogP contribution in [0.15, 0.2) is 85.1 Å². The number of hydrogen-bond acceptors (Lipinski definition) is 21. The van der Waals surface area contributed by atoms with E-state index >= 15 is 0 Å². The van der Waals surface area contributed by atoms with Gasteiger partial charge in [0.25, 0.3) is 0 Å². The van der Waals surface area contributed by atoms with E-state index in [2.05, 4.69) is 0 Å². The number of nitrogens with two attached hydrogens (primary N) is 4. The molecule has 3 rings (SSSR count). The van der Waals surface area contributed by atoms with Crippen molar-refractivity contribution in [3.63, 3.8) is 0 Å². The third kappa shape index (κ3) is 26.1. The molecule has 0 saturated carbocycles. The van der Waals surface area contributed by atoms with E-state index in [9.17, 15) is 65.8 Å². The molecule has 0 aromatic heterocycles. The predicted octanol–water partition coefficient (Wildman–Crippen LogP) is 0.968. The molecule has 22 nitrogen and oxygen atoms in total. The molecular weight excluding hydrogens is 1050 g/mol. The first-order valence-electron chi connectivity index (χ1n) is 29.0. The Morgan fingerprint density at radius 1 is 0.654 bits per heavy atom. The Morgan fingerprint density at radius 3 is 1.74 bits per heavy atom. The molecule has 0 aromatic rings. The molecule has 2 saturated heterocycles. The number of rotatable bonds is 16. The highest BCUT2D eigenvalue weighted by atomic mass is 16.7. The van der Waals surface area contributed by atoms with Crippen LogP contribution in [0.3, 0.4) is 0 Å². The molecule has 0 spiro atoms. The Hall–Kier alpha value is -3.60. The molecule has 2 bridgehead atoms. The number of hydrogen-bond donors (Lipinski definition) is 15. The Bertz CT molecular complexity index is 1990. The van der Waals surface area contributed by atoms with Crippen molar-refractivity contribution in [2.45, 2.75) is 227 Å². The molecule has 0 aromatic carbocycles. The van der Waals surface area contributed by atoms with E-state index in [1.165, 1.54) is 0 Å². The number of esters is 1. The second-order valence-electron chi connectivity index (χ2n) is 22.5. The fourth-order valence-corrected chi connectivity index (χ4v) is 10.6. The molecule has 21 atom stereocenters. The van der Waals surface area contributed by atoms with E-state index in [4.69, 9.17) is 41.9 Å². The number of aliphatic carboxylic acids is 1. The average Bonchev–Trinajstić information content (AvgIpc) is 3.45. The minimum Gasteiger partial charge on any atom is -0.481 e. The summed E-state index contributed by atoms with van der Waals surface area (Å²) in [6.45, 7) is 8.34. The number of fused-ring (bicyclic) bond motifs is 2. The van der Waals surface area contributed by atoms with Crippen molar-refractivity contribution in [3.05, 3.63) is 85.1 Å². The standard InChI is InChI=1S/C59H101N5O17/c1-37-21-15-13-11-9-7-5-6-8-10-12-14-16-24-46(80-58-56(74)53(55(73)40(4)79-58)64(35-41(62)22-17-19-27-60)36-42(63)23-18-20-28-61)32-50-52(57(75)76)49(70)34-59(77,81-50)33-45(67)30-48(69)47(68)26-25-43(65)29-44(66)31-51(71)78-39(3)38(2)54(37)72/h5-16,21,24,37-50,52-56,58,65-70,72-74,77H,17-20,22-23,25-36,60-63H2,1-4H3,(H,75,76)/b6-5+,9-7+,10-8+,13-11+,14-12+,21-15-,24-16+/t37-,38-,39-,40+,41?,42?,43+,44+,45-,46-,47+,48+,49-,50-,52+,53-,54+,55+,56-,58-,59+/m0/s1. The lowest BCUT2D eigenvalue weighted by atomic mass is 9.82. The van der Waals surface area contributed by atoms with Crippen LogP contribution in [0.4, 0.5) is 0 Å². The second-order valence-corrected chi connectivity index (χ2v) is 22.5. The van der Waals surface area contributed by atoms with Gasteiger partial charge in [-0.2, -0.15) is 0 Å². The monoisotopic (exact) mass is 1150 g/mol. The number of nitrogens with zero attached hydrogens (tertiary/aromatic N) is 1. The average molecular weight is 1150 g/mol. The summed E-state index contributed by atoms with van der Waals surface area (Å²) < 4.78 is 24.2. The van der Waals surface area contributed by atoms with Crippen molar-refractivity contribution in [2.75, 3.05) is 26.2 Å². The molecule has 0 amide bonds. The number of carboxylic acids is 1. The summed E-state index contributed by atoms with van der Waals surface area (Å²) in [5, 5.41) is 123. The Balaban J connectivity index is 2.00. The Morgan fingerprint density at radius 2 is 1.20 bits per heavy atom. The van der Waals surface area contributed by atoms with Gasteiger partial charge < -0.3 is 98.1 Å². The molecular formula is C59H101N5O17. The largest absolute Gasteiger partial charge is 0.481 e. The minimum atomic E-state index is -2.37. The molecule has 0 aliphatic carbocycles. The van der Waals surface area contributed by atoms with Crippen molar-refractivity contribution in [3.8, 4) is 0 Å². The number of unbranched alkanes of at least 4 members (excludes halogenated alkanes) is 2. The van der Waals surface area contributed by atoms with E-state index in [1.54, 1.807) is 81.5 Å². The molecule has 0 radical (unpaired) electrons. The van der Waals surface area contributed by atoms with Crippen LogP contribution in [0.1, 0.15) is 118 Å². The molecule has 464 valence electrons. The van der Waals surface area contributed by atoms with Crippen LogP contribution in [0.5, 0.6) is 0 Å². The molecule has 81 heavy (non-hydrogen) atoms. The number of allylic oxidation sites excluding steroid dienone is 12. The maximum Gasteiger partial charge on any atom is 0.311 e. The molecule has 3 aliphatic heterocycles. The van der Waals surface area contributed by atoms with Gasteiger partial charge >= 0.3 is 11.9 Å². The van der Waals surface area contributed by atoms with Gasteiger partial charge in [0.1, 0.15) is 18.1 Å². The van der Waals surface area contributed by atoms with Gasteiger partial charge in [0.05, 0.1) is 79.6 Å². The molecule has 3 heterocycles. The van der Waals surface area contributed by atoms with Crippen molar-refractivity contribution in [2.24, 2.45) is 40.7 Å². The van der Waals surface area contributed by atoms with Crippen LogP contribution in [-0.2, 0) is 28.5 Å². The fourth-order valence-electron chi connectivity index (χ4n) is 10.6. The first kappa shape index (κ1) is 71.7. The van der Waals surface area contributed by atoms with Crippen molar-refractivity contribution in [1.82, 2.24) is 4.90 Å². The summed E-state index contributed by atoms with van der Waals surface area (Å²) in [6, 6.07) is -1.74. The highest BCUT2D eigenvalue weighted by Crippen LogP contribution is 2.38. The SMILES string of the molecule is C[C@@H]1[C@H](O)[C@@H](C)\C=C/C=C/C=C/C=C/C=C/C=C/C=C/[C@H](O[C@@H]2O[C@H](C)[C@@H](O)[C@H](N(CC(N)CCCCN)CC(N)CCCCN)[C@@H]2O)C[C@@H]2O[C@](O)(C[C@@H](O)C[C@@H](O)[C@H](O)CC[C@@H](O)C[C@@H](O)CC(=O)O[C@H]1C)C[C@H](O)[C@H]2C(=O)O. The lowest BCUT2D eigenvalue weighted by molar-refractivity contribution is -0.312. The van der Waals surface area contributed by atoms with E-state index in [1.807, 2.05) is 36.1 Å². The molecule has 19 N–H and O–H groups in total. The second kappa shape index (κ2) is 37.7. The van der Waals surface area contributed by atoms with Crippen LogP contribution in [0.2, 0.25) is 0 Å². The van der Waals surface area contributed by atoms with Crippen LogP contribution >= 0.6 is 0 Å². The maximum atomic E-state index is 12.9. The summed E-state index contributed by atoms with van der Waals surface area (Å²) in [4.78, 5) is 27.4. The van der Waals surface area contributed by atoms with Crippen LogP contribution in [-0.4, -0.2) is 209 Å². The first-order valence-corrected chi connectivity index (χ1v) is 29.0. The number of aliphatic hydroxyl groups excluding tert-OH is 9. The third-order valence-electron chi connectivity index (χ3n) is 15.4. The quantitative estimate of drug-likeness (QED) is 0.0756. The zero-order valence-corrected chi connectivity index (χ0v) is 48.0. The summed E-state index contributed by atoms with van der Waals surface area (Å²) >= 11 is 0. The van der Waals surface area contributed by atoms with Gasteiger partial charge in [-0.3, -0.25) is 14.5 Å². The highest BCUT2D eigenvalue weighted by molar-refractivity contribution is 5.71. The van der Waals surface area contributed by atoms with Crippen LogP contribution in [0.25, 0.3) is 0 Å². The van der Waals surface area contributed by atoms with Gasteiger partial charge in [0, 0.05) is 62.7 Å². The van der Waals surface area contributed by atoms with Gasteiger partial charge in [0.2, 0.25) is 0 Å². The van der Waals surface area contributed by atoms with Gasteiger partial charge in [-0.1, -0.05) is 112 Å². The number of carbonyl (C=O) groups is 2. The number of cyclic esters (lactones) is 1. The first-order chi connectivity index (χ1) is 38.4. The highest BCUT2D eigenvalue weighted by Gasteiger charge is 2.52. The molecule has 2 unspecified atom stereocenters. The van der Waals surface area contributed by atoms with Gasteiger partial charge in [-0.15, -0.1) is 0 Å². The van der Waals surface area contributed by atoms with Crippen molar-refractivity contribution in [1.29, 1.82) is 0 Å². The summed E-state index contributed by atoms with van der Waals surface area (Å²) in [5.41, 5.74) is 24.8. The third-order valence-corrected chi connectivity index (χ3v) is 15.4. The smallest absolute Gasteiger partial charge is 0.311 e. The van der Waals surface area contributed by atoms with E-state index < -0.39 is 147 Å². The summed E-state index contributed by atoms with van der Waals surface area (Å²) in [5.74, 6) is -6.96. The van der Waals surface area contributed by atoms with Crippen molar-refractivity contribution < 1.29 is 84.7 Å². The topological polar surface area (TPSA) is 401 Å². The normalized spacial score (nSPS) is 39.8. The van der Waals surface area contributed by atoms with Crippen LogP contribution in [0, 0.1) is 17.8 Å². The maximum absolute atomic E-state index is 12.9. The lowest BCUT2D eigenvalue weighted by Crippen LogP contribution is -2.66. The molecule has 3 aliphatic rings. The zero-order chi connectivity index (χ0) is 60.2. The number of ether oxygens (including phenoxy) is 4. The van der Waals surface area contributed by atoms with Crippen LogP contribution < -0.4 is 22.9 Å². The predicted molar refractivity (Wildman–Crippen MR) is 306 cm³/mol. The van der Waals surface area contributed by atoms with E-state index in [0.717, 1.165) is 25.7 Å². The lowest BCUT2D eigenvalue weighted by Gasteiger charge is -2.48. The summed E-state index contributed by atoms with van der Waals surface area (Å²) in [6.07, 6.45) is 7.35. The van der Waals surface area contributed by atoms with E-state index in [0.29, 0.717) is 25.9 Å². The van der Waals surface area contributed by atoms with Gasteiger partial charge in [-0.05, 0) is 71.9 Å². The van der Waals surface area contributed by atoms with Gasteiger partial charge in [-0.25, -0.2) is 0 Å². The Kier molecular flexibility index (Phi) is 33.3. The van der Waals surface area contributed by atoms with Gasteiger partial charge in [0.15, 0.2) is 12.1 Å². The molecule has 2 fully saturated rings. The van der Waals surface area contributed by atoms with E-state index in [-0.39, 0.29) is 56.8 Å². The molecule has 22 heteroatoms. The minimum absolute atomic E-state index is 0.120. The number of carbonyl (C=O) groups excluding carboxylic acids is 1. The number of carboxylic acid groups (broad SMARTS) is 1. The van der Waals surface area contributed by atoms with Crippen molar-refractivity contribution >= 4 is 11.9 Å². The number of aliphatic hydroxyl groups is 10. The Labute approximate surface area is 479 Å². The zero-order valence-electron chi connectivity index (χ0n) is 48.0. The summed E-state index contributed by atoms with van der Waals surface area (Å²) in [7, 11) is 0. The fraction of sp³-hybridized carbons (Fsp3) is 0.729.